The molecule has 1 amide bonds. The Kier molecular flexibility index (Phi) is 6.02. The first-order chi connectivity index (χ1) is 10.2. The van der Waals surface area contributed by atoms with Gasteiger partial charge in [0, 0.05) is 13.1 Å². The van der Waals surface area contributed by atoms with Crippen LogP contribution in [0.4, 0.5) is 0 Å². The number of piperidine rings is 1. The van der Waals surface area contributed by atoms with Crippen LogP contribution in [-0.2, 0) is 9.53 Å². The quantitative estimate of drug-likeness (QED) is 0.862. The lowest BCUT2D eigenvalue weighted by Gasteiger charge is -2.33. The topological polar surface area (TPSA) is 59.0 Å². The van der Waals surface area contributed by atoms with Crippen molar-refractivity contribution in [3.63, 3.8) is 0 Å². The predicted molar refractivity (Wildman–Crippen MR) is 79.2 cm³/mol. The van der Waals surface area contributed by atoms with E-state index in [1.165, 1.54) is 0 Å². The van der Waals surface area contributed by atoms with E-state index in [0.29, 0.717) is 25.4 Å². The molecule has 1 aromatic carbocycles. The Hall–Kier alpha value is -1.59. The molecule has 0 spiro atoms. The number of para-hydroxylation sites is 1. The van der Waals surface area contributed by atoms with Gasteiger partial charge >= 0.3 is 0 Å². The van der Waals surface area contributed by atoms with Crippen molar-refractivity contribution in [2.45, 2.75) is 32.0 Å². The molecule has 0 aliphatic carbocycles. The third kappa shape index (κ3) is 4.72. The monoisotopic (exact) mass is 293 g/mol. The highest BCUT2D eigenvalue weighted by molar-refractivity contribution is 5.81. The zero-order chi connectivity index (χ0) is 15.1. The van der Waals surface area contributed by atoms with Crippen LogP contribution < -0.4 is 4.74 Å². The lowest BCUT2D eigenvalue weighted by atomic mass is 10.1. The van der Waals surface area contributed by atoms with Crippen molar-refractivity contribution in [3.05, 3.63) is 30.3 Å². The molecule has 116 valence electrons. The van der Waals surface area contributed by atoms with E-state index in [4.69, 9.17) is 14.6 Å². The van der Waals surface area contributed by atoms with Crippen LogP contribution in [0.5, 0.6) is 5.75 Å². The van der Waals surface area contributed by atoms with Crippen molar-refractivity contribution >= 4 is 5.91 Å². The summed E-state index contributed by atoms with van der Waals surface area (Å²) in [6.45, 7) is 3.55. The van der Waals surface area contributed by atoms with Crippen LogP contribution in [0, 0.1) is 0 Å². The fraction of sp³-hybridized carbons (Fsp3) is 0.562. The molecule has 1 heterocycles. The number of carbonyl (C=O) groups excluding carboxylic acids is 1. The molecule has 1 aliphatic rings. The summed E-state index contributed by atoms with van der Waals surface area (Å²) in [5.41, 5.74) is 0. The van der Waals surface area contributed by atoms with Gasteiger partial charge in [-0.2, -0.15) is 0 Å². The molecule has 0 saturated carbocycles. The molecular weight excluding hydrogens is 270 g/mol. The Bertz CT molecular complexity index is 429. The molecule has 1 atom stereocenters. The van der Waals surface area contributed by atoms with Gasteiger partial charge in [-0.05, 0) is 31.9 Å². The van der Waals surface area contributed by atoms with E-state index in [1.807, 2.05) is 35.2 Å². The van der Waals surface area contributed by atoms with Gasteiger partial charge in [-0.15, -0.1) is 0 Å². The van der Waals surface area contributed by atoms with Gasteiger partial charge in [0.25, 0.3) is 5.91 Å². The molecule has 5 heteroatoms. The summed E-state index contributed by atoms with van der Waals surface area (Å²) in [4.78, 5) is 14.2. The van der Waals surface area contributed by atoms with Crippen molar-refractivity contribution in [3.8, 4) is 5.75 Å². The maximum Gasteiger partial charge on any atom is 0.263 e. The molecule has 21 heavy (non-hydrogen) atoms. The third-order valence-electron chi connectivity index (χ3n) is 3.60. The summed E-state index contributed by atoms with van der Waals surface area (Å²) < 4.78 is 11.2. The summed E-state index contributed by atoms with van der Waals surface area (Å²) in [6, 6.07) is 9.38. The number of carbonyl (C=O) groups is 1. The van der Waals surface area contributed by atoms with Crippen LogP contribution >= 0.6 is 0 Å². The Balaban J connectivity index is 1.78. The van der Waals surface area contributed by atoms with Crippen LogP contribution in [0.1, 0.15) is 19.8 Å². The number of hydrogen-bond donors (Lipinski definition) is 1. The summed E-state index contributed by atoms with van der Waals surface area (Å²) in [5.74, 6) is 0.721. The minimum absolute atomic E-state index is 0.0134. The van der Waals surface area contributed by atoms with Crippen LogP contribution in [0.25, 0.3) is 0 Å². The average Bonchev–Trinajstić information content (AvgIpc) is 2.53. The second kappa shape index (κ2) is 8.00. The van der Waals surface area contributed by atoms with Crippen molar-refractivity contribution in [1.82, 2.24) is 4.90 Å². The number of nitrogens with zero attached hydrogens (tertiary/aromatic N) is 1. The molecule has 1 unspecified atom stereocenters. The number of rotatable bonds is 6. The van der Waals surface area contributed by atoms with E-state index >= 15 is 0 Å². The number of aliphatic hydroxyl groups is 1. The van der Waals surface area contributed by atoms with Gasteiger partial charge in [0.2, 0.25) is 0 Å². The van der Waals surface area contributed by atoms with Gasteiger partial charge in [-0.25, -0.2) is 0 Å². The smallest absolute Gasteiger partial charge is 0.263 e. The second-order valence-corrected chi connectivity index (χ2v) is 5.19. The second-order valence-electron chi connectivity index (χ2n) is 5.19. The molecule has 1 fully saturated rings. The zero-order valence-electron chi connectivity index (χ0n) is 12.4. The van der Waals surface area contributed by atoms with Crippen molar-refractivity contribution < 1.29 is 19.4 Å². The number of likely N-dealkylation sites (tertiary alicyclic amines) is 1. The van der Waals surface area contributed by atoms with Gasteiger partial charge in [-0.3, -0.25) is 4.79 Å². The summed E-state index contributed by atoms with van der Waals surface area (Å²) in [7, 11) is 0. The SMILES string of the molecule is CC(Oc1ccccc1)C(=O)N1CCC(OCCO)CC1. The van der Waals surface area contributed by atoms with Crippen molar-refractivity contribution in [1.29, 1.82) is 0 Å². The molecule has 1 aliphatic heterocycles. The fourth-order valence-corrected chi connectivity index (χ4v) is 2.47. The summed E-state index contributed by atoms with van der Waals surface area (Å²) >= 11 is 0. The lowest BCUT2D eigenvalue weighted by molar-refractivity contribution is -0.140. The van der Waals surface area contributed by atoms with E-state index in [0.717, 1.165) is 12.8 Å². The third-order valence-corrected chi connectivity index (χ3v) is 3.60. The fourth-order valence-electron chi connectivity index (χ4n) is 2.47. The first-order valence-electron chi connectivity index (χ1n) is 7.43. The van der Waals surface area contributed by atoms with Crippen LogP contribution in [0.2, 0.25) is 0 Å². The van der Waals surface area contributed by atoms with Crippen molar-refractivity contribution in [2.24, 2.45) is 0 Å². The molecule has 0 bridgehead atoms. The van der Waals surface area contributed by atoms with Gasteiger partial charge in [0.15, 0.2) is 6.10 Å². The van der Waals surface area contributed by atoms with Gasteiger partial charge in [-0.1, -0.05) is 18.2 Å². The number of amides is 1. The molecular formula is C16H23NO4. The Morgan fingerprint density at radius 1 is 1.33 bits per heavy atom. The minimum Gasteiger partial charge on any atom is -0.481 e. The highest BCUT2D eigenvalue weighted by Crippen LogP contribution is 2.17. The summed E-state index contributed by atoms with van der Waals surface area (Å²) in [5, 5.41) is 8.74. The van der Waals surface area contributed by atoms with Gasteiger partial charge in [0.05, 0.1) is 19.3 Å². The van der Waals surface area contributed by atoms with Crippen LogP contribution in [-0.4, -0.2) is 54.4 Å². The maximum atomic E-state index is 12.3. The Labute approximate surface area is 125 Å². The van der Waals surface area contributed by atoms with E-state index in [2.05, 4.69) is 0 Å². The normalized spacial score (nSPS) is 17.5. The molecule has 5 nitrogen and oxygen atoms in total. The van der Waals surface area contributed by atoms with E-state index in [-0.39, 0.29) is 18.6 Å². The van der Waals surface area contributed by atoms with Crippen molar-refractivity contribution in [2.75, 3.05) is 26.3 Å². The molecule has 2 rings (SSSR count). The largest absolute Gasteiger partial charge is 0.481 e. The summed E-state index contributed by atoms with van der Waals surface area (Å²) in [6.07, 6.45) is 1.28. The van der Waals surface area contributed by atoms with E-state index < -0.39 is 6.10 Å². The number of benzene rings is 1. The molecule has 1 saturated heterocycles. The van der Waals surface area contributed by atoms with E-state index in [9.17, 15) is 4.79 Å². The first-order valence-corrected chi connectivity index (χ1v) is 7.43. The zero-order valence-corrected chi connectivity index (χ0v) is 12.4. The number of aliphatic hydroxyl groups excluding tert-OH is 1. The van der Waals surface area contributed by atoms with Gasteiger partial charge < -0.3 is 19.5 Å². The molecule has 0 aromatic heterocycles. The highest BCUT2D eigenvalue weighted by Gasteiger charge is 2.27. The molecule has 0 radical (unpaired) electrons. The number of hydrogen-bond acceptors (Lipinski definition) is 4. The standard InChI is InChI=1S/C16H23NO4/c1-13(21-15-5-3-2-4-6-15)16(19)17-9-7-14(8-10-17)20-12-11-18/h2-6,13-14,18H,7-12H2,1H3. The first kappa shape index (κ1) is 15.8. The van der Waals surface area contributed by atoms with Crippen LogP contribution in [0.3, 0.4) is 0 Å². The van der Waals surface area contributed by atoms with E-state index in [1.54, 1.807) is 6.92 Å². The Morgan fingerprint density at radius 3 is 2.62 bits per heavy atom. The average molecular weight is 293 g/mol. The van der Waals surface area contributed by atoms with Crippen LogP contribution in [0.15, 0.2) is 30.3 Å². The Morgan fingerprint density at radius 2 is 2.00 bits per heavy atom. The highest BCUT2D eigenvalue weighted by atomic mass is 16.5. The molecule has 1 N–H and O–H groups in total. The maximum absolute atomic E-state index is 12.3. The minimum atomic E-state index is -0.484. The molecule has 1 aromatic rings. The predicted octanol–water partition coefficient (Wildman–Crippen LogP) is 1.45. The number of ether oxygens (including phenoxy) is 2. The van der Waals surface area contributed by atoms with Gasteiger partial charge in [0.1, 0.15) is 5.75 Å². The lowest BCUT2D eigenvalue weighted by Crippen LogP contribution is -2.46.